The summed E-state index contributed by atoms with van der Waals surface area (Å²) in [6, 6.07) is 0. The molecule has 2 heterocycles. The summed E-state index contributed by atoms with van der Waals surface area (Å²) in [6.07, 6.45) is 2.65. The fraction of sp³-hybridized carbons (Fsp3) is 1.00. The Morgan fingerprint density at radius 1 is 1.00 bits per heavy atom. The third kappa shape index (κ3) is 6.16. The Bertz CT molecular complexity index is 131. The van der Waals surface area contributed by atoms with E-state index in [0.29, 0.717) is 5.41 Å². The average Bonchev–Trinajstić information content (AvgIpc) is 2.19. The van der Waals surface area contributed by atoms with Crippen LogP contribution in [0.15, 0.2) is 0 Å². The van der Waals surface area contributed by atoms with Crippen LogP contribution < -0.4 is 5.32 Å². The predicted molar refractivity (Wildman–Crippen MR) is 67.2 cm³/mol. The molecule has 0 aromatic heterocycles. The molecule has 0 aromatic carbocycles. The monoisotopic (exact) mass is 215 g/mol. The molecular weight excluding hydrogens is 186 g/mol. The molecule has 2 aliphatic rings. The van der Waals surface area contributed by atoms with E-state index in [1.54, 1.807) is 0 Å². The van der Waals surface area contributed by atoms with E-state index in [1.807, 2.05) is 13.8 Å². The fourth-order valence-corrected chi connectivity index (χ4v) is 1.64. The Morgan fingerprint density at radius 2 is 1.40 bits per heavy atom. The first kappa shape index (κ1) is 14.9. The van der Waals surface area contributed by atoms with Crippen LogP contribution >= 0.6 is 0 Å². The van der Waals surface area contributed by atoms with Gasteiger partial charge in [0, 0.05) is 5.41 Å². The highest BCUT2D eigenvalue weighted by atomic mass is 16.5. The van der Waals surface area contributed by atoms with Crippen LogP contribution in [0, 0.1) is 11.3 Å². The molecular formula is C13H29NO. The molecule has 1 N–H and O–H groups in total. The van der Waals surface area contributed by atoms with Crippen LogP contribution in [0.4, 0.5) is 0 Å². The van der Waals surface area contributed by atoms with E-state index in [4.69, 9.17) is 4.74 Å². The smallest absolute Gasteiger partial charge is 0.0545 e. The summed E-state index contributed by atoms with van der Waals surface area (Å²) in [6.45, 7) is 14.9. The van der Waals surface area contributed by atoms with Gasteiger partial charge in [0.2, 0.25) is 0 Å². The van der Waals surface area contributed by atoms with Crippen LogP contribution in [-0.4, -0.2) is 26.3 Å². The highest BCUT2D eigenvalue weighted by molar-refractivity contribution is 4.89. The summed E-state index contributed by atoms with van der Waals surface area (Å²) < 4.78 is 5.19. The summed E-state index contributed by atoms with van der Waals surface area (Å²) >= 11 is 0. The normalized spacial score (nSPS) is 22.0. The lowest BCUT2D eigenvalue weighted by atomic mass is 9.77. The van der Waals surface area contributed by atoms with Crippen molar-refractivity contribution >= 4 is 0 Å². The molecule has 92 valence electrons. The van der Waals surface area contributed by atoms with Crippen molar-refractivity contribution in [2.24, 2.45) is 11.3 Å². The van der Waals surface area contributed by atoms with Gasteiger partial charge in [-0.25, -0.2) is 0 Å². The molecule has 2 fully saturated rings. The van der Waals surface area contributed by atoms with Crippen molar-refractivity contribution in [2.75, 3.05) is 26.3 Å². The molecule has 2 heteroatoms. The Morgan fingerprint density at radius 3 is 1.60 bits per heavy atom. The van der Waals surface area contributed by atoms with Gasteiger partial charge in [-0.3, -0.25) is 0 Å². The SMILES string of the molecule is C1CC2(CCN1)COC2.CC.CC(C)C. The maximum atomic E-state index is 5.19. The van der Waals surface area contributed by atoms with Crippen molar-refractivity contribution in [2.45, 2.75) is 47.5 Å². The van der Waals surface area contributed by atoms with Crippen molar-refractivity contribution in [3.8, 4) is 0 Å². The minimum absolute atomic E-state index is 0.616. The Balaban J connectivity index is 0.000000282. The number of piperidine rings is 1. The summed E-state index contributed by atoms with van der Waals surface area (Å²) in [5.74, 6) is 0.833. The summed E-state index contributed by atoms with van der Waals surface area (Å²) in [4.78, 5) is 0. The maximum Gasteiger partial charge on any atom is 0.0545 e. The molecule has 15 heavy (non-hydrogen) atoms. The van der Waals surface area contributed by atoms with E-state index in [-0.39, 0.29) is 0 Å². The molecule has 0 unspecified atom stereocenters. The van der Waals surface area contributed by atoms with Gasteiger partial charge in [-0.15, -0.1) is 0 Å². The van der Waals surface area contributed by atoms with E-state index in [1.165, 1.54) is 25.9 Å². The number of hydrogen-bond donors (Lipinski definition) is 1. The molecule has 2 rings (SSSR count). The number of rotatable bonds is 0. The molecule has 0 saturated carbocycles. The topological polar surface area (TPSA) is 21.3 Å². The molecule has 0 atom stereocenters. The van der Waals surface area contributed by atoms with Crippen LogP contribution in [0.1, 0.15) is 47.5 Å². The third-order valence-electron chi connectivity index (χ3n) is 2.48. The highest BCUT2D eigenvalue weighted by Gasteiger charge is 2.38. The van der Waals surface area contributed by atoms with Gasteiger partial charge in [0.05, 0.1) is 13.2 Å². The fourth-order valence-electron chi connectivity index (χ4n) is 1.64. The quantitative estimate of drug-likeness (QED) is 0.670. The summed E-state index contributed by atoms with van der Waals surface area (Å²) in [5, 5.41) is 3.35. The van der Waals surface area contributed by atoms with Crippen molar-refractivity contribution in [1.82, 2.24) is 5.32 Å². The molecule has 2 aliphatic heterocycles. The van der Waals surface area contributed by atoms with E-state index >= 15 is 0 Å². The predicted octanol–water partition coefficient (Wildman–Crippen LogP) is 3.07. The molecule has 0 bridgehead atoms. The first-order chi connectivity index (χ1) is 7.15. The van der Waals surface area contributed by atoms with Crippen LogP contribution in [0.2, 0.25) is 0 Å². The largest absolute Gasteiger partial charge is 0.380 e. The molecule has 0 aromatic rings. The van der Waals surface area contributed by atoms with Gasteiger partial charge in [-0.05, 0) is 31.8 Å². The van der Waals surface area contributed by atoms with E-state index in [9.17, 15) is 0 Å². The lowest BCUT2D eigenvalue weighted by Crippen LogP contribution is -2.49. The van der Waals surface area contributed by atoms with Gasteiger partial charge < -0.3 is 10.1 Å². The van der Waals surface area contributed by atoms with Crippen LogP contribution in [0.25, 0.3) is 0 Å². The number of ether oxygens (including phenoxy) is 1. The summed E-state index contributed by atoms with van der Waals surface area (Å²) in [7, 11) is 0. The Labute approximate surface area is 95.8 Å². The number of nitrogens with one attached hydrogen (secondary N) is 1. The second kappa shape index (κ2) is 8.12. The maximum absolute atomic E-state index is 5.19. The van der Waals surface area contributed by atoms with Crippen molar-refractivity contribution in [3.63, 3.8) is 0 Å². The van der Waals surface area contributed by atoms with E-state index < -0.39 is 0 Å². The molecule has 1 spiro atoms. The second-order valence-electron chi connectivity index (χ2n) is 4.97. The zero-order valence-corrected chi connectivity index (χ0v) is 11.2. The second-order valence-corrected chi connectivity index (χ2v) is 4.97. The summed E-state index contributed by atoms with van der Waals surface area (Å²) in [5.41, 5.74) is 0.616. The standard InChI is InChI=1S/C7H13NO.C4H10.C2H6/c1-3-8-4-2-7(1)5-9-6-7;1-4(2)3;1-2/h8H,1-6H2;4H,1-3H3;1-2H3. The molecule has 2 saturated heterocycles. The van der Waals surface area contributed by atoms with Gasteiger partial charge in [0.25, 0.3) is 0 Å². The van der Waals surface area contributed by atoms with E-state index in [2.05, 4.69) is 26.1 Å². The third-order valence-corrected chi connectivity index (χ3v) is 2.48. The zero-order chi connectivity index (χ0) is 11.7. The minimum Gasteiger partial charge on any atom is -0.380 e. The first-order valence-corrected chi connectivity index (χ1v) is 6.43. The molecule has 0 radical (unpaired) electrons. The van der Waals surface area contributed by atoms with Crippen LogP contribution in [-0.2, 0) is 4.74 Å². The van der Waals surface area contributed by atoms with Gasteiger partial charge in [0.1, 0.15) is 0 Å². The lowest BCUT2D eigenvalue weighted by molar-refractivity contribution is -0.127. The molecule has 2 nitrogen and oxygen atoms in total. The Hall–Kier alpha value is -0.0800. The molecule has 0 aliphatic carbocycles. The van der Waals surface area contributed by atoms with Gasteiger partial charge in [0.15, 0.2) is 0 Å². The zero-order valence-electron chi connectivity index (χ0n) is 11.2. The highest BCUT2D eigenvalue weighted by Crippen LogP contribution is 2.35. The lowest BCUT2D eigenvalue weighted by Gasteiger charge is -2.44. The van der Waals surface area contributed by atoms with Gasteiger partial charge in [-0.1, -0.05) is 34.6 Å². The Kier molecular flexibility index (Phi) is 8.07. The number of hydrogen-bond acceptors (Lipinski definition) is 2. The van der Waals surface area contributed by atoms with Crippen molar-refractivity contribution in [1.29, 1.82) is 0 Å². The first-order valence-electron chi connectivity index (χ1n) is 6.43. The van der Waals surface area contributed by atoms with Crippen molar-refractivity contribution < 1.29 is 4.74 Å². The van der Waals surface area contributed by atoms with Gasteiger partial charge >= 0.3 is 0 Å². The minimum atomic E-state index is 0.616. The average molecular weight is 215 g/mol. The van der Waals surface area contributed by atoms with Crippen LogP contribution in [0.3, 0.4) is 0 Å². The van der Waals surface area contributed by atoms with E-state index in [0.717, 1.165) is 19.1 Å². The van der Waals surface area contributed by atoms with Crippen molar-refractivity contribution in [3.05, 3.63) is 0 Å². The molecule has 0 amide bonds. The van der Waals surface area contributed by atoms with Gasteiger partial charge in [-0.2, -0.15) is 0 Å². The van der Waals surface area contributed by atoms with Crippen LogP contribution in [0.5, 0.6) is 0 Å².